The van der Waals surface area contributed by atoms with Crippen molar-refractivity contribution in [1.82, 2.24) is 5.32 Å². The molecule has 0 radical (unpaired) electrons. The van der Waals surface area contributed by atoms with E-state index >= 15 is 0 Å². The topological polar surface area (TPSA) is 69.6 Å². The number of hydrogen-bond donors (Lipinski definition) is 3. The second-order valence-electron chi connectivity index (χ2n) is 4.28. The minimum atomic E-state index is -0.825. The molecule has 0 aliphatic heterocycles. The minimum Gasteiger partial charge on any atom is -0.480 e. The first-order valence-corrected chi connectivity index (χ1v) is 5.82. The van der Waals surface area contributed by atoms with Gasteiger partial charge in [-0.1, -0.05) is 26.2 Å². The maximum Gasteiger partial charge on any atom is 0.320 e. The molecule has 15 heavy (non-hydrogen) atoms. The Hall–Kier alpha value is -0.610. The molecule has 0 aromatic carbocycles. The fraction of sp³-hybridized carbons (Fsp3) is 0.909. The molecular formula is C11H21NO3. The first-order chi connectivity index (χ1) is 7.15. The molecular weight excluding hydrogens is 194 g/mol. The van der Waals surface area contributed by atoms with Crippen LogP contribution in [0, 0.1) is 0 Å². The third-order valence-electron chi connectivity index (χ3n) is 3.10. The van der Waals surface area contributed by atoms with E-state index in [2.05, 4.69) is 5.32 Å². The number of carbonyl (C=O) groups is 1. The molecule has 88 valence electrons. The van der Waals surface area contributed by atoms with E-state index in [1.807, 2.05) is 6.92 Å². The van der Waals surface area contributed by atoms with Crippen LogP contribution in [-0.4, -0.2) is 34.4 Å². The summed E-state index contributed by atoms with van der Waals surface area (Å²) >= 11 is 0. The van der Waals surface area contributed by atoms with Gasteiger partial charge in [-0.3, -0.25) is 10.1 Å². The Balaban J connectivity index is 2.49. The highest BCUT2D eigenvalue weighted by Gasteiger charge is 2.26. The van der Waals surface area contributed by atoms with Gasteiger partial charge in [-0.15, -0.1) is 0 Å². The number of rotatable bonds is 4. The standard InChI is InChI=1S/C11H21NO3/c1-2-8(11(14)15)12-9-6-4-3-5-7-10(9)13/h8-10,12-13H,2-7H2,1H3,(H,14,15). The maximum atomic E-state index is 10.9. The Morgan fingerprint density at radius 3 is 2.67 bits per heavy atom. The number of carboxylic acid groups (broad SMARTS) is 1. The van der Waals surface area contributed by atoms with E-state index in [0.29, 0.717) is 6.42 Å². The fourth-order valence-corrected chi connectivity index (χ4v) is 2.10. The molecule has 0 saturated heterocycles. The van der Waals surface area contributed by atoms with E-state index in [1.54, 1.807) is 0 Å². The highest BCUT2D eigenvalue weighted by molar-refractivity contribution is 5.73. The molecule has 0 aromatic rings. The number of carboxylic acids is 1. The average molecular weight is 215 g/mol. The predicted molar refractivity (Wildman–Crippen MR) is 57.7 cm³/mol. The third kappa shape index (κ3) is 3.80. The molecule has 3 N–H and O–H groups in total. The number of aliphatic hydroxyl groups excluding tert-OH is 1. The van der Waals surface area contributed by atoms with Gasteiger partial charge in [0.25, 0.3) is 0 Å². The van der Waals surface area contributed by atoms with Gasteiger partial charge in [0.2, 0.25) is 0 Å². The van der Waals surface area contributed by atoms with Crippen molar-refractivity contribution < 1.29 is 15.0 Å². The minimum absolute atomic E-state index is 0.0476. The van der Waals surface area contributed by atoms with Gasteiger partial charge < -0.3 is 10.2 Å². The molecule has 1 rings (SSSR count). The lowest BCUT2D eigenvalue weighted by molar-refractivity contribution is -0.140. The Morgan fingerprint density at radius 1 is 1.40 bits per heavy atom. The molecule has 0 bridgehead atoms. The summed E-state index contributed by atoms with van der Waals surface area (Å²) in [6, 6.07) is -0.573. The summed E-state index contributed by atoms with van der Waals surface area (Å²) in [7, 11) is 0. The van der Waals surface area contributed by atoms with Crippen molar-refractivity contribution >= 4 is 5.97 Å². The van der Waals surface area contributed by atoms with Crippen LogP contribution < -0.4 is 5.32 Å². The lowest BCUT2D eigenvalue weighted by Crippen LogP contribution is -2.48. The molecule has 1 fully saturated rings. The molecule has 0 heterocycles. The summed E-state index contributed by atoms with van der Waals surface area (Å²) in [4.78, 5) is 10.9. The average Bonchev–Trinajstić information content (AvgIpc) is 2.39. The van der Waals surface area contributed by atoms with E-state index in [0.717, 1.165) is 32.1 Å². The molecule has 3 atom stereocenters. The van der Waals surface area contributed by atoms with Gasteiger partial charge in [0.05, 0.1) is 6.10 Å². The van der Waals surface area contributed by atoms with Crippen LogP contribution in [0.2, 0.25) is 0 Å². The zero-order chi connectivity index (χ0) is 11.3. The Bertz CT molecular complexity index is 208. The van der Waals surface area contributed by atoms with Crippen LogP contribution in [0.5, 0.6) is 0 Å². The maximum absolute atomic E-state index is 10.9. The van der Waals surface area contributed by atoms with Gasteiger partial charge in [-0.05, 0) is 19.3 Å². The quantitative estimate of drug-likeness (QED) is 0.615. The fourth-order valence-electron chi connectivity index (χ4n) is 2.10. The first-order valence-electron chi connectivity index (χ1n) is 5.82. The van der Waals surface area contributed by atoms with Crippen LogP contribution in [0.1, 0.15) is 45.4 Å². The molecule has 0 amide bonds. The zero-order valence-corrected chi connectivity index (χ0v) is 9.28. The van der Waals surface area contributed by atoms with Gasteiger partial charge in [0.15, 0.2) is 0 Å². The first kappa shape index (κ1) is 12.5. The molecule has 0 spiro atoms. The number of hydrogen-bond acceptors (Lipinski definition) is 3. The van der Waals surface area contributed by atoms with Gasteiger partial charge in [-0.2, -0.15) is 0 Å². The van der Waals surface area contributed by atoms with Gasteiger partial charge >= 0.3 is 5.97 Å². The van der Waals surface area contributed by atoms with E-state index in [1.165, 1.54) is 0 Å². The third-order valence-corrected chi connectivity index (χ3v) is 3.10. The Kier molecular flexibility index (Phi) is 5.05. The van der Waals surface area contributed by atoms with Crippen molar-refractivity contribution in [3.05, 3.63) is 0 Å². The Morgan fingerprint density at radius 2 is 2.07 bits per heavy atom. The lowest BCUT2D eigenvalue weighted by atomic mass is 10.0. The number of aliphatic carboxylic acids is 1. The largest absolute Gasteiger partial charge is 0.480 e. The number of aliphatic hydroxyl groups is 1. The lowest BCUT2D eigenvalue weighted by Gasteiger charge is -2.25. The summed E-state index contributed by atoms with van der Waals surface area (Å²) < 4.78 is 0. The number of nitrogens with one attached hydrogen (secondary N) is 1. The molecule has 4 nitrogen and oxygen atoms in total. The van der Waals surface area contributed by atoms with Crippen molar-refractivity contribution in [2.75, 3.05) is 0 Å². The summed E-state index contributed by atoms with van der Waals surface area (Å²) in [5.41, 5.74) is 0. The molecule has 4 heteroatoms. The summed E-state index contributed by atoms with van der Waals surface area (Å²) in [5.74, 6) is -0.825. The van der Waals surface area contributed by atoms with E-state index in [9.17, 15) is 9.90 Å². The second kappa shape index (κ2) is 6.08. The van der Waals surface area contributed by atoms with Crippen molar-refractivity contribution in [1.29, 1.82) is 0 Å². The van der Waals surface area contributed by atoms with Crippen LogP contribution in [0.15, 0.2) is 0 Å². The van der Waals surface area contributed by atoms with Crippen molar-refractivity contribution in [3.8, 4) is 0 Å². The van der Waals surface area contributed by atoms with Gasteiger partial charge in [-0.25, -0.2) is 0 Å². The van der Waals surface area contributed by atoms with Crippen LogP contribution in [0.25, 0.3) is 0 Å². The smallest absolute Gasteiger partial charge is 0.320 e. The van der Waals surface area contributed by atoms with Gasteiger partial charge in [0, 0.05) is 6.04 Å². The van der Waals surface area contributed by atoms with E-state index in [4.69, 9.17) is 5.11 Å². The summed E-state index contributed by atoms with van der Waals surface area (Å²) in [5, 5.41) is 21.8. The van der Waals surface area contributed by atoms with Crippen LogP contribution in [-0.2, 0) is 4.79 Å². The van der Waals surface area contributed by atoms with Crippen LogP contribution in [0.4, 0.5) is 0 Å². The zero-order valence-electron chi connectivity index (χ0n) is 9.28. The highest BCUT2D eigenvalue weighted by atomic mass is 16.4. The van der Waals surface area contributed by atoms with Crippen molar-refractivity contribution in [3.63, 3.8) is 0 Å². The van der Waals surface area contributed by atoms with E-state index in [-0.39, 0.29) is 12.1 Å². The molecule has 1 aliphatic carbocycles. The van der Waals surface area contributed by atoms with Crippen LogP contribution in [0.3, 0.4) is 0 Å². The SMILES string of the molecule is CCC(NC1CCCCCC1O)C(=O)O. The normalized spacial score (nSPS) is 29.5. The monoisotopic (exact) mass is 215 g/mol. The van der Waals surface area contributed by atoms with Crippen LogP contribution >= 0.6 is 0 Å². The highest BCUT2D eigenvalue weighted by Crippen LogP contribution is 2.18. The molecule has 1 aliphatic rings. The van der Waals surface area contributed by atoms with Crippen molar-refractivity contribution in [2.24, 2.45) is 0 Å². The molecule has 1 saturated carbocycles. The molecule has 3 unspecified atom stereocenters. The summed E-state index contributed by atoms with van der Waals surface area (Å²) in [6.07, 6.45) is 5.09. The molecule has 0 aromatic heterocycles. The Labute approximate surface area is 90.7 Å². The second-order valence-corrected chi connectivity index (χ2v) is 4.28. The predicted octanol–water partition coefficient (Wildman–Crippen LogP) is 1.13. The van der Waals surface area contributed by atoms with Crippen molar-refractivity contribution in [2.45, 2.75) is 63.6 Å². The van der Waals surface area contributed by atoms with E-state index < -0.39 is 12.0 Å². The van der Waals surface area contributed by atoms with Gasteiger partial charge in [0.1, 0.15) is 6.04 Å². The summed E-state index contributed by atoms with van der Waals surface area (Å²) in [6.45, 7) is 1.84.